The van der Waals surface area contributed by atoms with E-state index in [1.165, 1.54) is 6.07 Å². The third kappa shape index (κ3) is 5.94. The highest BCUT2D eigenvalue weighted by Crippen LogP contribution is 2.49. The lowest BCUT2D eigenvalue weighted by molar-refractivity contribution is 0.0696. The molecule has 0 fully saturated rings. The van der Waals surface area contributed by atoms with Crippen LogP contribution in [0.25, 0.3) is 5.57 Å². The van der Waals surface area contributed by atoms with E-state index in [9.17, 15) is 35.8 Å². The summed E-state index contributed by atoms with van der Waals surface area (Å²) in [6.07, 6.45) is 0.862. The van der Waals surface area contributed by atoms with Crippen molar-refractivity contribution in [3.63, 3.8) is 0 Å². The van der Waals surface area contributed by atoms with Gasteiger partial charge in [-0.25, -0.2) is 9.37 Å². The Morgan fingerprint density at radius 3 is 2.13 bits per heavy atom. The summed E-state index contributed by atoms with van der Waals surface area (Å²) < 4.78 is 77.2. The van der Waals surface area contributed by atoms with Crippen LogP contribution < -0.4 is 24.8 Å². The van der Waals surface area contributed by atoms with E-state index in [1.807, 2.05) is 66.1 Å². The summed E-state index contributed by atoms with van der Waals surface area (Å²) in [5, 5.41) is 11.5. The third-order valence-electron chi connectivity index (χ3n) is 10.2. The lowest BCUT2D eigenvalue weighted by Gasteiger charge is -2.46. The molecule has 2 atom stereocenters. The van der Waals surface area contributed by atoms with Gasteiger partial charge < -0.3 is 14.7 Å². The summed E-state index contributed by atoms with van der Waals surface area (Å²) >= 11 is 0. The van der Waals surface area contributed by atoms with Gasteiger partial charge in [-0.2, -0.15) is 16.8 Å². The number of carboxylic acid groups (broad SMARTS) is 1. The quantitative estimate of drug-likeness (QED) is 0.202. The first-order valence-corrected chi connectivity index (χ1v) is 18.5. The normalized spacial score (nSPS) is 21.2. The molecule has 13 heteroatoms. The van der Waals surface area contributed by atoms with Crippen molar-refractivity contribution in [1.82, 2.24) is 4.58 Å². The number of anilines is 1. The molecular formula is C34H39N2O9S2+. The van der Waals surface area contributed by atoms with Crippen molar-refractivity contribution in [2.75, 3.05) is 30.5 Å². The van der Waals surface area contributed by atoms with Gasteiger partial charge in [0.25, 0.3) is 20.2 Å². The molecule has 0 aliphatic carbocycles. The van der Waals surface area contributed by atoms with Crippen LogP contribution in [-0.2, 0) is 20.2 Å². The topological polar surface area (TPSA) is 162 Å². The standard InChI is InChI=1S/C34H38N2O9S2/c1-33(2)15-19(17-46(39,40)41)23-11-25-29(13-27(23)35(33)5)45-30-14-28-24(20(18-47(42,43)44)16-34(3,4)36(28)6)12-26(30)31(25)21-9-7-8-10-22(21)32(37)38/h7-14,19-20H,15-18H2,1-6H3,(H2-,37,38,39,40,41,42,43,44)/p+1. The van der Waals surface area contributed by atoms with Gasteiger partial charge in [0.2, 0.25) is 5.36 Å². The smallest absolute Gasteiger partial charge is 0.336 e. The first kappa shape index (κ1) is 33.1. The lowest BCUT2D eigenvalue weighted by Crippen LogP contribution is -2.51. The molecule has 0 saturated heterocycles. The predicted molar refractivity (Wildman–Crippen MR) is 178 cm³/mol. The van der Waals surface area contributed by atoms with E-state index >= 15 is 0 Å². The monoisotopic (exact) mass is 683 g/mol. The molecule has 0 radical (unpaired) electrons. The van der Waals surface area contributed by atoms with Gasteiger partial charge in [-0.15, -0.1) is 0 Å². The van der Waals surface area contributed by atoms with E-state index in [1.54, 1.807) is 18.2 Å². The Balaban J connectivity index is 1.74. The number of aromatic carboxylic acids is 1. The maximum absolute atomic E-state index is 12.6. The van der Waals surface area contributed by atoms with E-state index < -0.39 is 60.6 Å². The molecule has 2 unspecified atom stereocenters. The van der Waals surface area contributed by atoms with Crippen molar-refractivity contribution in [2.24, 2.45) is 0 Å². The molecule has 3 heterocycles. The van der Waals surface area contributed by atoms with Crippen LogP contribution in [0.5, 0.6) is 11.5 Å². The second kappa shape index (κ2) is 10.9. The first-order valence-electron chi connectivity index (χ1n) is 15.3. The number of nitrogens with zero attached hydrogens (tertiary/aromatic N) is 2. The fourth-order valence-corrected chi connectivity index (χ4v) is 9.18. The SMILES string of the molecule is CN1c2cc3c(cc2C(CS(=O)(=O)O)CC1(C)C)C(c1ccccc1C(=O)O)=c1cc2c(cc1O3)=[N+](C)C(C)(C)CC2CS(=O)(=O)O. The number of ether oxygens (including phenoxy) is 1. The van der Waals surface area contributed by atoms with Crippen LogP contribution in [0.15, 0.2) is 48.5 Å². The molecule has 0 saturated carbocycles. The van der Waals surface area contributed by atoms with E-state index in [0.29, 0.717) is 57.4 Å². The Hall–Kier alpha value is -3.78. The molecule has 0 spiro atoms. The molecule has 11 nitrogen and oxygen atoms in total. The van der Waals surface area contributed by atoms with Gasteiger partial charge in [0.05, 0.1) is 23.1 Å². The third-order valence-corrected chi connectivity index (χ3v) is 11.8. The van der Waals surface area contributed by atoms with Gasteiger partial charge in [-0.05, 0) is 63.4 Å². The summed E-state index contributed by atoms with van der Waals surface area (Å²) in [5.74, 6) is -2.36. The molecule has 250 valence electrons. The second-order valence-electron chi connectivity index (χ2n) is 14.2. The number of hydrogen-bond acceptors (Lipinski definition) is 7. The zero-order valence-electron chi connectivity index (χ0n) is 27.1. The predicted octanol–water partition coefficient (Wildman–Crippen LogP) is 3.60. The molecular weight excluding hydrogens is 645 g/mol. The highest BCUT2D eigenvalue weighted by atomic mass is 32.2. The number of rotatable bonds is 6. The average Bonchev–Trinajstić information content (AvgIpc) is 2.94. The van der Waals surface area contributed by atoms with E-state index in [0.717, 1.165) is 11.0 Å². The van der Waals surface area contributed by atoms with Gasteiger partial charge in [0.15, 0.2) is 5.54 Å². The number of fused-ring (bicyclic) bond motifs is 4. The average molecular weight is 684 g/mol. The Morgan fingerprint density at radius 2 is 1.51 bits per heavy atom. The second-order valence-corrected chi connectivity index (χ2v) is 17.2. The maximum Gasteiger partial charge on any atom is 0.336 e. The van der Waals surface area contributed by atoms with Crippen LogP contribution in [0.1, 0.15) is 85.0 Å². The molecule has 3 aromatic rings. The molecule has 3 N–H and O–H groups in total. The lowest BCUT2D eigenvalue weighted by atomic mass is 9.78. The zero-order chi connectivity index (χ0) is 34.4. The highest BCUT2D eigenvalue weighted by molar-refractivity contribution is 7.86. The number of carbonyl (C=O) groups is 1. The van der Waals surface area contributed by atoms with Gasteiger partial charge in [0, 0.05) is 64.5 Å². The minimum absolute atomic E-state index is 0.0391. The molecule has 6 rings (SSSR count). The van der Waals surface area contributed by atoms with Crippen molar-refractivity contribution in [2.45, 2.75) is 63.5 Å². The van der Waals surface area contributed by atoms with Crippen LogP contribution in [0, 0.1) is 0 Å². The minimum atomic E-state index is -4.34. The van der Waals surface area contributed by atoms with Crippen LogP contribution >= 0.6 is 0 Å². The summed E-state index contributed by atoms with van der Waals surface area (Å²) in [6, 6.07) is 13.9. The molecule has 0 aromatic heterocycles. The highest BCUT2D eigenvalue weighted by Gasteiger charge is 2.42. The van der Waals surface area contributed by atoms with E-state index in [2.05, 4.69) is 9.48 Å². The molecule has 3 aromatic carbocycles. The van der Waals surface area contributed by atoms with Crippen molar-refractivity contribution in [3.05, 3.63) is 86.9 Å². The van der Waals surface area contributed by atoms with Crippen molar-refractivity contribution < 1.29 is 40.6 Å². The molecule has 3 aliphatic rings. The fourth-order valence-electron chi connectivity index (χ4n) is 7.57. The van der Waals surface area contributed by atoms with Crippen LogP contribution in [0.3, 0.4) is 0 Å². The van der Waals surface area contributed by atoms with Crippen molar-refractivity contribution in [1.29, 1.82) is 0 Å². The van der Waals surface area contributed by atoms with Crippen LogP contribution in [0.2, 0.25) is 0 Å². The van der Waals surface area contributed by atoms with Gasteiger partial charge in [-0.3, -0.25) is 9.11 Å². The van der Waals surface area contributed by atoms with E-state index in [4.69, 9.17) is 4.74 Å². The largest absolute Gasteiger partial charge is 0.478 e. The molecule has 3 aliphatic heterocycles. The van der Waals surface area contributed by atoms with Crippen molar-refractivity contribution >= 4 is 37.5 Å². The molecule has 47 heavy (non-hydrogen) atoms. The minimum Gasteiger partial charge on any atom is -0.478 e. The Kier molecular flexibility index (Phi) is 7.67. The van der Waals surface area contributed by atoms with Gasteiger partial charge >= 0.3 is 5.97 Å². The molecule has 0 bridgehead atoms. The summed E-state index contributed by atoms with van der Waals surface area (Å²) in [4.78, 5) is 14.6. The molecule has 0 amide bonds. The number of benzene rings is 3. The van der Waals surface area contributed by atoms with E-state index in [-0.39, 0.29) is 5.56 Å². The zero-order valence-corrected chi connectivity index (χ0v) is 28.7. The summed E-state index contributed by atoms with van der Waals surface area (Å²) in [5.41, 5.74) is 2.66. The summed E-state index contributed by atoms with van der Waals surface area (Å²) in [6.45, 7) is 7.98. The van der Waals surface area contributed by atoms with Gasteiger partial charge in [-0.1, -0.05) is 18.2 Å². The first-order chi connectivity index (χ1) is 21.7. The summed E-state index contributed by atoms with van der Waals surface area (Å²) in [7, 11) is -4.85. The van der Waals surface area contributed by atoms with Crippen molar-refractivity contribution in [3.8, 4) is 11.5 Å². The number of hydrogen-bond donors (Lipinski definition) is 3. The Bertz CT molecular complexity index is 2210. The fraction of sp³-hybridized carbons (Fsp3) is 0.412. The van der Waals surface area contributed by atoms with Crippen LogP contribution in [0.4, 0.5) is 5.69 Å². The number of carboxylic acids is 1. The maximum atomic E-state index is 12.6. The Morgan fingerprint density at radius 1 is 0.894 bits per heavy atom. The van der Waals surface area contributed by atoms with Crippen LogP contribution in [-0.4, -0.2) is 73.7 Å². The van der Waals surface area contributed by atoms with Gasteiger partial charge in [0.1, 0.15) is 18.5 Å². The Labute approximate surface area is 274 Å².